The summed E-state index contributed by atoms with van der Waals surface area (Å²) < 4.78 is 0. The van der Waals surface area contributed by atoms with Crippen LogP contribution in [0.3, 0.4) is 0 Å². The van der Waals surface area contributed by atoms with E-state index in [0.29, 0.717) is 5.92 Å². The summed E-state index contributed by atoms with van der Waals surface area (Å²) in [5, 5.41) is 4.25. The molecule has 3 nitrogen and oxygen atoms in total. The Balaban J connectivity index is 1.74. The average molecular weight is 413 g/mol. The Bertz CT molecular complexity index is 844. The summed E-state index contributed by atoms with van der Waals surface area (Å²) in [6, 6.07) is 16.2. The van der Waals surface area contributed by atoms with Gasteiger partial charge in [0.1, 0.15) is 6.04 Å². The van der Waals surface area contributed by atoms with E-state index in [1.54, 1.807) is 0 Å². The summed E-state index contributed by atoms with van der Waals surface area (Å²) in [6.07, 6.45) is 0.968. The first-order valence-electron chi connectivity index (χ1n) is 10.5. The van der Waals surface area contributed by atoms with Crippen LogP contribution in [0.15, 0.2) is 48.5 Å². The molecule has 4 heteroatoms. The number of benzene rings is 2. The van der Waals surface area contributed by atoms with Gasteiger partial charge in [0.15, 0.2) is 0 Å². The zero-order chi connectivity index (χ0) is 21.2. The Kier molecular flexibility index (Phi) is 6.58. The SMILES string of the molecule is Cc1cccc(NC(C(=O)N2CCC(c3ccc(Cl)cc3)C(C)(C)C2)C(C)C)c1. The van der Waals surface area contributed by atoms with Crippen LogP contribution >= 0.6 is 11.6 Å². The average Bonchev–Trinajstić information content (AvgIpc) is 2.65. The lowest BCUT2D eigenvalue weighted by Crippen LogP contribution is -2.53. The van der Waals surface area contributed by atoms with E-state index < -0.39 is 0 Å². The van der Waals surface area contributed by atoms with Crippen LogP contribution in [0.1, 0.15) is 51.2 Å². The zero-order valence-electron chi connectivity index (χ0n) is 18.2. The summed E-state index contributed by atoms with van der Waals surface area (Å²) in [5.74, 6) is 0.829. The fourth-order valence-electron chi connectivity index (χ4n) is 4.48. The summed E-state index contributed by atoms with van der Waals surface area (Å²) in [4.78, 5) is 15.5. The molecule has 1 heterocycles. The van der Waals surface area contributed by atoms with Crippen molar-refractivity contribution in [2.45, 2.75) is 53.0 Å². The molecule has 3 rings (SSSR count). The van der Waals surface area contributed by atoms with Crippen molar-refractivity contribution in [1.82, 2.24) is 4.90 Å². The van der Waals surface area contributed by atoms with Crippen molar-refractivity contribution >= 4 is 23.2 Å². The smallest absolute Gasteiger partial charge is 0.245 e. The third-order valence-electron chi connectivity index (χ3n) is 6.09. The first kappa shape index (κ1) is 21.7. The van der Waals surface area contributed by atoms with Crippen LogP contribution in [0, 0.1) is 18.3 Å². The molecule has 0 saturated carbocycles. The number of halogens is 1. The highest BCUT2D eigenvalue weighted by Crippen LogP contribution is 2.42. The summed E-state index contributed by atoms with van der Waals surface area (Å²) in [7, 11) is 0. The van der Waals surface area contributed by atoms with Crippen LogP contribution in [0.2, 0.25) is 5.02 Å². The van der Waals surface area contributed by atoms with Gasteiger partial charge in [-0.05, 0) is 66.0 Å². The molecule has 1 aliphatic rings. The first-order chi connectivity index (χ1) is 13.7. The minimum absolute atomic E-state index is 0.00655. The number of hydrogen-bond acceptors (Lipinski definition) is 2. The van der Waals surface area contributed by atoms with E-state index >= 15 is 0 Å². The van der Waals surface area contributed by atoms with E-state index in [-0.39, 0.29) is 23.3 Å². The molecule has 0 spiro atoms. The molecule has 2 aromatic carbocycles. The fraction of sp³-hybridized carbons (Fsp3) is 0.480. The lowest BCUT2D eigenvalue weighted by Gasteiger charge is -2.46. The van der Waals surface area contributed by atoms with E-state index in [9.17, 15) is 4.79 Å². The van der Waals surface area contributed by atoms with Crippen molar-refractivity contribution in [1.29, 1.82) is 0 Å². The molecule has 1 saturated heterocycles. The van der Waals surface area contributed by atoms with Gasteiger partial charge in [0.25, 0.3) is 0 Å². The molecule has 29 heavy (non-hydrogen) atoms. The van der Waals surface area contributed by atoms with Gasteiger partial charge >= 0.3 is 0 Å². The molecule has 2 atom stereocenters. The third kappa shape index (κ3) is 5.14. The van der Waals surface area contributed by atoms with Gasteiger partial charge in [0, 0.05) is 23.8 Å². The predicted octanol–water partition coefficient (Wildman–Crippen LogP) is 6.13. The number of amides is 1. The molecule has 1 aliphatic heterocycles. The van der Waals surface area contributed by atoms with Crippen LogP contribution in [-0.4, -0.2) is 29.9 Å². The van der Waals surface area contributed by atoms with Crippen molar-refractivity contribution in [3.05, 3.63) is 64.7 Å². The van der Waals surface area contributed by atoms with Gasteiger partial charge in [0.05, 0.1) is 0 Å². The Hall–Kier alpha value is -2.00. The first-order valence-corrected chi connectivity index (χ1v) is 10.9. The second-order valence-electron chi connectivity index (χ2n) is 9.38. The number of carbonyl (C=O) groups is 1. The molecular weight excluding hydrogens is 380 g/mol. The molecule has 0 radical (unpaired) electrons. The van der Waals surface area contributed by atoms with Gasteiger partial charge in [-0.3, -0.25) is 4.79 Å². The highest BCUT2D eigenvalue weighted by atomic mass is 35.5. The van der Waals surface area contributed by atoms with Gasteiger partial charge in [-0.15, -0.1) is 0 Å². The minimum Gasteiger partial charge on any atom is -0.373 e. The number of carbonyl (C=O) groups excluding carboxylic acids is 1. The second-order valence-corrected chi connectivity index (χ2v) is 9.81. The van der Waals surface area contributed by atoms with Gasteiger partial charge in [-0.25, -0.2) is 0 Å². The molecule has 1 fully saturated rings. The molecule has 0 aliphatic carbocycles. The van der Waals surface area contributed by atoms with E-state index in [1.165, 1.54) is 11.1 Å². The Morgan fingerprint density at radius 3 is 2.45 bits per heavy atom. The fourth-order valence-corrected chi connectivity index (χ4v) is 4.61. The number of hydrogen-bond donors (Lipinski definition) is 1. The topological polar surface area (TPSA) is 32.3 Å². The molecule has 2 aromatic rings. The highest BCUT2D eigenvalue weighted by Gasteiger charge is 2.40. The van der Waals surface area contributed by atoms with Crippen molar-refractivity contribution in [3.63, 3.8) is 0 Å². The molecule has 1 N–H and O–H groups in total. The molecule has 0 bridgehead atoms. The Morgan fingerprint density at radius 1 is 1.17 bits per heavy atom. The maximum atomic E-state index is 13.5. The number of rotatable bonds is 5. The predicted molar refractivity (Wildman–Crippen MR) is 123 cm³/mol. The third-order valence-corrected chi connectivity index (χ3v) is 6.34. The minimum atomic E-state index is -0.223. The van der Waals surface area contributed by atoms with Crippen LogP contribution in [0.25, 0.3) is 0 Å². The second kappa shape index (κ2) is 8.79. The van der Waals surface area contributed by atoms with Crippen molar-refractivity contribution in [3.8, 4) is 0 Å². The lowest BCUT2D eigenvalue weighted by atomic mass is 9.70. The Morgan fingerprint density at radius 2 is 1.86 bits per heavy atom. The number of piperidine rings is 1. The molecule has 2 unspecified atom stereocenters. The van der Waals surface area contributed by atoms with Crippen molar-refractivity contribution in [2.75, 3.05) is 18.4 Å². The zero-order valence-corrected chi connectivity index (χ0v) is 19.0. The van der Waals surface area contributed by atoms with E-state index in [4.69, 9.17) is 11.6 Å². The Labute approximate surface area is 180 Å². The summed E-state index contributed by atoms with van der Waals surface area (Å²) in [5.41, 5.74) is 3.51. The lowest BCUT2D eigenvalue weighted by molar-refractivity contribution is -0.136. The van der Waals surface area contributed by atoms with E-state index in [1.807, 2.05) is 24.3 Å². The molecule has 156 valence electrons. The largest absolute Gasteiger partial charge is 0.373 e. The number of aryl methyl sites for hydroxylation is 1. The molecular formula is C25H33ClN2O. The summed E-state index contributed by atoms with van der Waals surface area (Å²) in [6.45, 7) is 12.4. The van der Waals surface area contributed by atoms with Gasteiger partial charge in [0.2, 0.25) is 5.91 Å². The van der Waals surface area contributed by atoms with Gasteiger partial charge < -0.3 is 10.2 Å². The molecule has 1 amide bonds. The van der Waals surface area contributed by atoms with Gasteiger partial charge in [-0.1, -0.05) is 63.6 Å². The molecule has 0 aromatic heterocycles. The monoisotopic (exact) mass is 412 g/mol. The summed E-state index contributed by atoms with van der Waals surface area (Å²) >= 11 is 6.07. The number of nitrogens with one attached hydrogen (secondary N) is 1. The van der Waals surface area contributed by atoms with Crippen LogP contribution in [-0.2, 0) is 4.79 Å². The van der Waals surface area contributed by atoms with Gasteiger partial charge in [-0.2, -0.15) is 0 Å². The quantitative estimate of drug-likeness (QED) is 0.640. The van der Waals surface area contributed by atoms with E-state index in [2.05, 4.69) is 69.1 Å². The standard InChI is InChI=1S/C25H33ClN2O/c1-17(2)23(27-21-8-6-7-18(3)15-21)24(29)28-14-13-22(25(4,5)16-28)19-9-11-20(26)12-10-19/h6-12,15,17,22-23,27H,13-14,16H2,1-5H3. The van der Waals surface area contributed by atoms with Crippen LogP contribution in [0.5, 0.6) is 0 Å². The number of anilines is 1. The number of nitrogens with zero attached hydrogens (tertiary/aromatic N) is 1. The number of likely N-dealkylation sites (tertiary alicyclic amines) is 1. The normalized spacial score (nSPS) is 19.8. The maximum absolute atomic E-state index is 13.5. The van der Waals surface area contributed by atoms with E-state index in [0.717, 1.165) is 30.2 Å². The van der Waals surface area contributed by atoms with Crippen molar-refractivity contribution < 1.29 is 4.79 Å². The maximum Gasteiger partial charge on any atom is 0.245 e. The van der Waals surface area contributed by atoms with Crippen LogP contribution < -0.4 is 5.32 Å². The van der Waals surface area contributed by atoms with Crippen molar-refractivity contribution in [2.24, 2.45) is 11.3 Å². The highest BCUT2D eigenvalue weighted by molar-refractivity contribution is 6.30. The van der Waals surface area contributed by atoms with Crippen LogP contribution in [0.4, 0.5) is 5.69 Å².